The predicted octanol–water partition coefficient (Wildman–Crippen LogP) is 3.43. The van der Waals surface area contributed by atoms with Crippen LogP contribution in [0.4, 0.5) is 5.69 Å². The second-order valence-corrected chi connectivity index (χ2v) is 8.24. The number of amides is 2. The van der Waals surface area contributed by atoms with Gasteiger partial charge in [0.15, 0.2) is 0 Å². The van der Waals surface area contributed by atoms with Crippen LogP contribution in [0, 0.1) is 6.92 Å². The molecule has 24 heavy (non-hydrogen) atoms. The molecule has 0 atom stereocenters. The van der Waals surface area contributed by atoms with E-state index in [1.54, 1.807) is 0 Å². The van der Waals surface area contributed by atoms with Crippen LogP contribution in [-0.2, 0) is 11.2 Å². The molecule has 3 rings (SSSR count). The van der Waals surface area contributed by atoms with E-state index in [1.807, 2.05) is 60.0 Å². The quantitative estimate of drug-likeness (QED) is 0.909. The topological polar surface area (TPSA) is 49.4 Å². The molecule has 2 heterocycles. The van der Waals surface area contributed by atoms with Gasteiger partial charge in [0.2, 0.25) is 5.91 Å². The highest BCUT2D eigenvalue weighted by Gasteiger charge is 2.17. The minimum atomic E-state index is -0.0947. The molecule has 6 heteroatoms. The summed E-state index contributed by atoms with van der Waals surface area (Å²) < 4.78 is 0. The van der Waals surface area contributed by atoms with E-state index in [2.05, 4.69) is 5.32 Å². The van der Waals surface area contributed by atoms with Crippen LogP contribution >= 0.6 is 23.1 Å². The van der Waals surface area contributed by atoms with E-state index in [9.17, 15) is 9.59 Å². The number of thioether (sulfide) groups is 1. The SMILES string of the molecule is Cc1ccc(C(=O)Nc2ccc(CC(=O)N3CCSCC3)cc2)s1. The molecule has 1 aliphatic rings. The molecule has 2 amide bonds. The number of hydrogen-bond donors (Lipinski definition) is 1. The molecular weight excluding hydrogens is 340 g/mol. The molecule has 0 spiro atoms. The van der Waals surface area contributed by atoms with Gasteiger partial charge < -0.3 is 10.2 Å². The number of hydrogen-bond acceptors (Lipinski definition) is 4. The summed E-state index contributed by atoms with van der Waals surface area (Å²) in [5.74, 6) is 2.14. The van der Waals surface area contributed by atoms with Crippen molar-refractivity contribution in [2.24, 2.45) is 0 Å². The molecular formula is C18H20N2O2S2. The van der Waals surface area contributed by atoms with Gasteiger partial charge in [-0.25, -0.2) is 0 Å². The fourth-order valence-corrected chi connectivity index (χ4v) is 4.22. The third-order valence-electron chi connectivity index (χ3n) is 3.90. The monoisotopic (exact) mass is 360 g/mol. The van der Waals surface area contributed by atoms with Crippen LogP contribution in [0.1, 0.15) is 20.1 Å². The summed E-state index contributed by atoms with van der Waals surface area (Å²) >= 11 is 3.37. The standard InChI is InChI=1S/C18H20N2O2S2/c1-13-2-7-16(24-13)18(22)19-15-5-3-14(4-6-15)12-17(21)20-8-10-23-11-9-20/h2-7H,8-12H2,1H3,(H,19,22). The van der Waals surface area contributed by atoms with Crippen molar-refractivity contribution in [3.63, 3.8) is 0 Å². The third-order valence-corrected chi connectivity index (χ3v) is 5.84. The lowest BCUT2D eigenvalue weighted by Gasteiger charge is -2.26. The first-order valence-electron chi connectivity index (χ1n) is 7.94. The zero-order valence-electron chi connectivity index (χ0n) is 13.6. The number of benzene rings is 1. The summed E-state index contributed by atoms with van der Waals surface area (Å²) in [5.41, 5.74) is 1.72. The summed E-state index contributed by atoms with van der Waals surface area (Å²) in [5, 5.41) is 2.89. The van der Waals surface area contributed by atoms with Crippen LogP contribution in [0.15, 0.2) is 36.4 Å². The number of nitrogens with zero attached hydrogens (tertiary/aromatic N) is 1. The fraction of sp³-hybridized carbons (Fsp3) is 0.333. The highest BCUT2D eigenvalue weighted by Crippen LogP contribution is 2.18. The second-order valence-electron chi connectivity index (χ2n) is 5.73. The van der Waals surface area contributed by atoms with Crippen LogP contribution in [0.25, 0.3) is 0 Å². The van der Waals surface area contributed by atoms with Crippen molar-refractivity contribution in [3.05, 3.63) is 51.7 Å². The Morgan fingerprint density at radius 2 is 1.79 bits per heavy atom. The van der Waals surface area contributed by atoms with Crippen LogP contribution in [0.2, 0.25) is 0 Å². The van der Waals surface area contributed by atoms with Crippen LogP contribution < -0.4 is 5.32 Å². The largest absolute Gasteiger partial charge is 0.341 e. The van der Waals surface area contributed by atoms with E-state index < -0.39 is 0 Å². The van der Waals surface area contributed by atoms with E-state index in [-0.39, 0.29) is 11.8 Å². The molecule has 0 radical (unpaired) electrons. The van der Waals surface area contributed by atoms with Crippen molar-refractivity contribution >= 4 is 40.6 Å². The zero-order chi connectivity index (χ0) is 16.9. The van der Waals surface area contributed by atoms with Gasteiger partial charge in [0.05, 0.1) is 11.3 Å². The van der Waals surface area contributed by atoms with Crippen LogP contribution in [0.5, 0.6) is 0 Å². The molecule has 126 valence electrons. The molecule has 1 saturated heterocycles. The summed E-state index contributed by atoms with van der Waals surface area (Å²) in [6.07, 6.45) is 0.420. The molecule has 0 bridgehead atoms. The van der Waals surface area contributed by atoms with Gasteiger partial charge in [-0.1, -0.05) is 12.1 Å². The van der Waals surface area contributed by atoms with Gasteiger partial charge in [-0.15, -0.1) is 11.3 Å². The Kier molecular flexibility index (Phi) is 5.58. The van der Waals surface area contributed by atoms with Gasteiger partial charge in [-0.3, -0.25) is 9.59 Å². The minimum absolute atomic E-state index is 0.0947. The van der Waals surface area contributed by atoms with Gasteiger partial charge in [0.25, 0.3) is 5.91 Å². The lowest BCUT2D eigenvalue weighted by atomic mass is 10.1. The highest BCUT2D eigenvalue weighted by atomic mass is 32.2. The number of nitrogens with one attached hydrogen (secondary N) is 1. The van der Waals surface area contributed by atoms with E-state index in [4.69, 9.17) is 0 Å². The number of aryl methyl sites for hydroxylation is 1. The Labute approximate surface area is 150 Å². The summed E-state index contributed by atoms with van der Waals surface area (Å²) in [7, 11) is 0. The highest BCUT2D eigenvalue weighted by molar-refractivity contribution is 7.99. The molecule has 0 unspecified atom stereocenters. The first kappa shape index (κ1) is 17.0. The second kappa shape index (κ2) is 7.85. The number of rotatable bonds is 4. The van der Waals surface area contributed by atoms with Gasteiger partial charge >= 0.3 is 0 Å². The maximum absolute atomic E-state index is 12.3. The molecule has 1 aromatic heterocycles. The molecule has 1 aromatic carbocycles. The predicted molar refractivity (Wildman–Crippen MR) is 101 cm³/mol. The minimum Gasteiger partial charge on any atom is -0.341 e. The Bertz CT molecular complexity index is 719. The van der Waals surface area contributed by atoms with Crippen molar-refractivity contribution in [2.45, 2.75) is 13.3 Å². The summed E-state index contributed by atoms with van der Waals surface area (Å²) in [6.45, 7) is 3.67. The van der Waals surface area contributed by atoms with Crippen molar-refractivity contribution in [3.8, 4) is 0 Å². The average molecular weight is 361 g/mol. The fourth-order valence-electron chi connectivity index (χ4n) is 2.55. The first-order chi connectivity index (χ1) is 11.6. The Morgan fingerprint density at radius 1 is 1.08 bits per heavy atom. The van der Waals surface area contributed by atoms with Crippen LogP contribution in [-0.4, -0.2) is 41.3 Å². The molecule has 1 fully saturated rings. The van der Waals surface area contributed by atoms with Gasteiger partial charge in [-0.2, -0.15) is 11.8 Å². The Balaban J connectivity index is 1.56. The molecule has 4 nitrogen and oxygen atoms in total. The van der Waals surface area contributed by atoms with Crippen molar-refractivity contribution in [2.75, 3.05) is 29.9 Å². The van der Waals surface area contributed by atoms with E-state index in [1.165, 1.54) is 11.3 Å². The van der Waals surface area contributed by atoms with Crippen LogP contribution in [0.3, 0.4) is 0 Å². The Morgan fingerprint density at radius 3 is 2.42 bits per heavy atom. The smallest absolute Gasteiger partial charge is 0.265 e. The van der Waals surface area contributed by atoms with E-state index in [0.29, 0.717) is 11.3 Å². The lowest BCUT2D eigenvalue weighted by Crippen LogP contribution is -2.38. The van der Waals surface area contributed by atoms with E-state index >= 15 is 0 Å². The molecule has 0 saturated carbocycles. The maximum Gasteiger partial charge on any atom is 0.265 e. The number of carbonyl (C=O) groups is 2. The van der Waals surface area contributed by atoms with Gasteiger partial charge in [0, 0.05) is 35.2 Å². The molecule has 1 N–H and O–H groups in total. The normalized spacial score (nSPS) is 14.5. The first-order valence-corrected chi connectivity index (χ1v) is 9.91. The van der Waals surface area contributed by atoms with Gasteiger partial charge in [-0.05, 0) is 36.8 Å². The van der Waals surface area contributed by atoms with Crippen molar-refractivity contribution in [1.82, 2.24) is 4.90 Å². The number of anilines is 1. The maximum atomic E-state index is 12.3. The zero-order valence-corrected chi connectivity index (χ0v) is 15.2. The number of carbonyl (C=O) groups excluding carboxylic acids is 2. The Hall–Kier alpha value is -1.79. The summed E-state index contributed by atoms with van der Waals surface area (Å²) in [6, 6.07) is 11.3. The van der Waals surface area contributed by atoms with Crippen molar-refractivity contribution < 1.29 is 9.59 Å². The molecule has 0 aliphatic carbocycles. The lowest BCUT2D eigenvalue weighted by molar-refractivity contribution is -0.130. The summed E-state index contributed by atoms with van der Waals surface area (Å²) in [4.78, 5) is 28.2. The van der Waals surface area contributed by atoms with E-state index in [0.717, 1.165) is 40.7 Å². The third kappa shape index (κ3) is 4.39. The molecule has 2 aromatic rings. The van der Waals surface area contributed by atoms with Gasteiger partial charge in [0.1, 0.15) is 0 Å². The average Bonchev–Trinajstić information content (AvgIpc) is 3.04. The van der Waals surface area contributed by atoms with Crippen molar-refractivity contribution in [1.29, 1.82) is 0 Å². The number of thiophene rings is 1. The molecule has 1 aliphatic heterocycles.